The van der Waals surface area contributed by atoms with E-state index in [1.54, 1.807) is 31.3 Å². The standard InChI is InChI=1S/C22H18BrClN4O4/c1-11-19(22(30)27-18-8-6-13(23)10-25-18)20(21-15(26-11)3-2-4-17(21)29)12-5-7-14(24)16(9-12)28(31)32/h5-10,20,26H,2-4H2,1H3,(H,25,27,30)/t20-/m1/s1. The fraction of sp³-hybridized carbons (Fsp3) is 0.227. The van der Waals surface area contributed by atoms with Crippen molar-refractivity contribution in [2.45, 2.75) is 32.1 Å². The monoisotopic (exact) mass is 516 g/mol. The largest absolute Gasteiger partial charge is 0.362 e. The summed E-state index contributed by atoms with van der Waals surface area (Å²) >= 11 is 9.31. The lowest BCUT2D eigenvalue weighted by atomic mass is 9.75. The minimum atomic E-state index is -0.759. The zero-order valence-electron chi connectivity index (χ0n) is 16.9. The molecule has 0 bridgehead atoms. The van der Waals surface area contributed by atoms with Crippen molar-refractivity contribution < 1.29 is 14.5 Å². The van der Waals surface area contributed by atoms with E-state index in [9.17, 15) is 19.7 Å². The van der Waals surface area contributed by atoms with Crippen LogP contribution in [0.5, 0.6) is 0 Å². The third-order valence-electron chi connectivity index (χ3n) is 5.49. The summed E-state index contributed by atoms with van der Waals surface area (Å²) in [4.78, 5) is 41.4. The molecule has 164 valence electrons. The van der Waals surface area contributed by atoms with Crippen molar-refractivity contribution in [3.8, 4) is 0 Å². The Morgan fingerprint density at radius 1 is 1.31 bits per heavy atom. The molecule has 1 aromatic heterocycles. The number of dihydropyridines is 1. The number of carbonyl (C=O) groups is 2. The van der Waals surface area contributed by atoms with Crippen molar-refractivity contribution in [2.24, 2.45) is 0 Å². The molecule has 32 heavy (non-hydrogen) atoms. The van der Waals surface area contributed by atoms with Crippen LogP contribution in [-0.4, -0.2) is 21.6 Å². The maximum absolute atomic E-state index is 13.4. The minimum Gasteiger partial charge on any atom is -0.362 e. The number of halogens is 2. The summed E-state index contributed by atoms with van der Waals surface area (Å²) in [5.41, 5.74) is 2.28. The molecule has 2 aliphatic rings. The van der Waals surface area contributed by atoms with Gasteiger partial charge in [0.2, 0.25) is 0 Å². The highest BCUT2D eigenvalue weighted by Crippen LogP contribution is 2.43. The highest BCUT2D eigenvalue weighted by atomic mass is 79.9. The molecule has 4 rings (SSSR count). The summed E-state index contributed by atoms with van der Waals surface area (Å²) in [5.74, 6) is -0.946. The molecule has 2 heterocycles. The molecule has 1 amide bonds. The minimum absolute atomic E-state index is 0.0115. The van der Waals surface area contributed by atoms with Crippen molar-refractivity contribution in [3.05, 3.63) is 84.2 Å². The van der Waals surface area contributed by atoms with Crippen molar-refractivity contribution in [2.75, 3.05) is 5.32 Å². The van der Waals surface area contributed by atoms with Gasteiger partial charge in [0.15, 0.2) is 5.78 Å². The zero-order chi connectivity index (χ0) is 23.0. The molecule has 2 aromatic rings. The lowest BCUT2D eigenvalue weighted by Crippen LogP contribution is -2.35. The van der Waals surface area contributed by atoms with E-state index in [1.165, 1.54) is 12.1 Å². The number of nitro benzene ring substituents is 1. The number of rotatable bonds is 4. The van der Waals surface area contributed by atoms with E-state index < -0.39 is 16.7 Å². The van der Waals surface area contributed by atoms with Gasteiger partial charge in [0.25, 0.3) is 11.6 Å². The molecule has 1 atom stereocenters. The third-order valence-corrected chi connectivity index (χ3v) is 6.28. The molecule has 8 nitrogen and oxygen atoms in total. The van der Waals surface area contributed by atoms with Crippen LogP contribution in [0, 0.1) is 10.1 Å². The summed E-state index contributed by atoms with van der Waals surface area (Å²) in [7, 11) is 0. The van der Waals surface area contributed by atoms with Crippen LogP contribution in [0.25, 0.3) is 0 Å². The Labute approximate surface area is 197 Å². The predicted octanol–water partition coefficient (Wildman–Crippen LogP) is 5.01. The number of allylic oxidation sites excluding steroid dienone is 3. The second-order valence-electron chi connectivity index (χ2n) is 7.55. The quantitative estimate of drug-likeness (QED) is 0.435. The van der Waals surface area contributed by atoms with Gasteiger partial charge in [0, 0.05) is 51.6 Å². The topological polar surface area (TPSA) is 114 Å². The molecular weight excluding hydrogens is 500 g/mol. The van der Waals surface area contributed by atoms with Crippen molar-refractivity contribution >= 4 is 50.7 Å². The maximum Gasteiger partial charge on any atom is 0.288 e. The van der Waals surface area contributed by atoms with Crippen LogP contribution in [0.15, 0.2) is 63.5 Å². The number of nitro groups is 1. The highest BCUT2D eigenvalue weighted by molar-refractivity contribution is 9.10. The number of aromatic nitrogens is 1. The first-order valence-electron chi connectivity index (χ1n) is 9.87. The summed E-state index contributed by atoms with van der Waals surface area (Å²) in [6.07, 6.45) is 3.28. The molecule has 0 radical (unpaired) electrons. The molecule has 0 saturated heterocycles. The molecular formula is C22H18BrClN4O4. The first kappa shape index (κ1) is 22.2. The number of nitrogens with one attached hydrogen (secondary N) is 2. The van der Waals surface area contributed by atoms with E-state index in [4.69, 9.17) is 11.6 Å². The van der Waals surface area contributed by atoms with Crippen LogP contribution in [0.3, 0.4) is 0 Å². The summed E-state index contributed by atoms with van der Waals surface area (Å²) in [6, 6.07) is 7.77. The van der Waals surface area contributed by atoms with Crippen LogP contribution >= 0.6 is 27.5 Å². The van der Waals surface area contributed by atoms with Crippen molar-refractivity contribution in [1.82, 2.24) is 10.3 Å². The summed E-state index contributed by atoms with van der Waals surface area (Å²) in [5, 5.41) is 17.4. The Morgan fingerprint density at radius 3 is 2.78 bits per heavy atom. The van der Waals surface area contributed by atoms with E-state index in [0.717, 1.165) is 10.2 Å². The van der Waals surface area contributed by atoms with Crippen LogP contribution in [0.1, 0.15) is 37.7 Å². The smallest absolute Gasteiger partial charge is 0.288 e. The SMILES string of the molecule is CC1=C(C(=O)Nc2ccc(Br)cn2)[C@@H](c2ccc(Cl)c([N+](=O)[O-])c2)C2=C(CCCC2=O)N1. The second kappa shape index (κ2) is 8.84. The Bertz CT molecular complexity index is 1210. The molecule has 0 fully saturated rings. The van der Waals surface area contributed by atoms with Gasteiger partial charge < -0.3 is 10.6 Å². The Morgan fingerprint density at radius 2 is 2.09 bits per heavy atom. The van der Waals surface area contributed by atoms with Crippen LogP contribution in [-0.2, 0) is 9.59 Å². The Balaban J connectivity index is 1.83. The molecule has 1 aromatic carbocycles. The van der Waals surface area contributed by atoms with Gasteiger partial charge >= 0.3 is 0 Å². The molecule has 2 N–H and O–H groups in total. The number of nitrogens with zero attached hydrogens (tertiary/aromatic N) is 2. The van der Waals surface area contributed by atoms with Crippen LogP contribution < -0.4 is 10.6 Å². The number of pyridine rings is 1. The predicted molar refractivity (Wildman–Crippen MR) is 123 cm³/mol. The molecule has 10 heteroatoms. The van der Waals surface area contributed by atoms with Crippen molar-refractivity contribution in [1.29, 1.82) is 0 Å². The number of Topliss-reactive ketones (excluding diaryl/α,β-unsaturated/α-hetero) is 1. The number of benzene rings is 1. The fourth-order valence-electron chi connectivity index (χ4n) is 4.10. The van der Waals surface area contributed by atoms with Gasteiger partial charge in [0.1, 0.15) is 10.8 Å². The van der Waals surface area contributed by atoms with Crippen molar-refractivity contribution in [3.63, 3.8) is 0 Å². The van der Waals surface area contributed by atoms with E-state index in [1.807, 2.05) is 0 Å². The van der Waals surface area contributed by atoms with E-state index in [0.29, 0.717) is 47.5 Å². The fourth-order valence-corrected chi connectivity index (χ4v) is 4.52. The van der Waals surface area contributed by atoms with E-state index in [2.05, 4.69) is 31.5 Å². The molecule has 1 aliphatic carbocycles. The van der Waals surface area contributed by atoms with Gasteiger partial charge in [-0.3, -0.25) is 19.7 Å². The number of amides is 1. The Kier molecular flexibility index (Phi) is 6.12. The average molecular weight is 518 g/mol. The molecule has 0 saturated carbocycles. The molecule has 0 unspecified atom stereocenters. The Hall–Kier alpha value is -3.04. The summed E-state index contributed by atoms with van der Waals surface area (Å²) < 4.78 is 0.763. The van der Waals surface area contributed by atoms with Gasteiger partial charge in [-0.25, -0.2) is 4.98 Å². The van der Waals surface area contributed by atoms with Crippen LogP contribution in [0.2, 0.25) is 5.02 Å². The number of ketones is 1. The lowest BCUT2D eigenvalue weighted by molar-refractivity contribution is -0.384. The average Bonchev–Trinajstić information content (AvgIpc) is 2.74. The third kappa shape index (κ3) is 4.18. The van der Waals surface area contributed by atoms with Gasteiger partial charge in [-0.2, -0.15) is 0 Å². The first-order chi connectivity index (χ1) is 15.3. The van der Waals surface area contributed by atoms with Crippen LogP contribution in [0.4, 0.5) is 11.5 Å². The number of hydrogen-bond donors (Lipinski definition) is 2. The van der Waals surface area contributed by atoms with Gasteiger partial charge in [0.05, 0.1) is 4.92 Å². The first-order valence-corrected chi connectivity index (χ1v) is 11.0. The normalized spacial score (nSPS) is 18.2. The van der Waals surface area contributed by atoms with E-state index in [-0.39, 0.29) is 16.5 Å². The van der Waals surface area contributed by atoms with Gasteiger partial charge in [-0.15, -0.1) is 0 Å². The highest BCUT2D eigenvalue weighted by Gasteiger charge is 2.39. The van der Waals surface area contributed by atoms with Gasteiger partial charge in [-0.1, -0.05) is 17.7 Å². The second-order valence-corrected chi connectivity index (χ2v) is 8.87. The van der Waals surface area contributed by atoms with Gasteiger partial charge in [-0.05, 0) is 59.5 Å². The molecule has 1 aliphatic heterocycles. The maximum atomic E-state index is 13.4. The summed E-state index contributed by atoms with van der Waals surface area (Å²) in [6.45, 7) is 1.75. The number of hydrogen-bond acceptors (Lipinski definition) is 6. The number of anilines is 1. The zero-order valence-corrected chi connectivity index (χ0v) is 19.3. The number of carbonyl (C=O) groups excluding carboxylic acids is 2. The molecule has 0 spiro atoms. The van der Waals surface area contributed by atoms with E-state index >= 15 is 0 Å². The lowest BCUT2D eigenvalue weighted by Gasteiger charge is -2.34.